The van der Waals surface area contributed by atoms with Gasteiger partial charge in [-0.1, -0.05) is 26.3 Å². The van der Waals surface area contributed by atoms with Gasteiger partial charge in [-0.25, -0.2) is 0 Å². The van der Waals surface area contributed by atoms with Crippen LogP contribution in [0.15, 0.2) is 12.7 Å². The molecule has 3 atom stereocenters. The molecule has 0 radical (unpaired) electrons. The van der Waals surface area contributed by atoms with Crippen molar-refractivity contribution in [2.24, 2.45) is 11.8 Å². The highest BCUT2D eigenvalue weighted by molar-refractivity contribution is 5.88. The Balaban J connectivity index is 1.83. The van der Waals surface area contributed by atoms with Crippen molar-refractivity contribution in [2.75, 3.05) is 6.54 Å². The van der Waals surface area contributed by atoms with Gasteiger partial charge < -0.3 is 10.2 Å². The lowest BCUT2D eigenvalue weighted by molar-refractivity contribution is -0.139. The lowest BCUT2D eigenvalue weighted by Crippen LogP contribution is -2.46. The van der Waals surface area contributed by atoms with E-state index in [1.807, 2.05) is 11.0 Å². The second-order valence-corrected chi connectivity index (χ2v) is 7.71. The molecule has 24 heavy (non-hydrogen) atoms. The second kappa shape index (κ2) is 9.24. The number of carbonyl (C=O) groups excluding carboxylic acids is 2. The van der Waals surface area contributed by atoms with Crippen LogP contribution in [0.5, 0.6) is 0 Å². The monoisotopic (exact) mass is 334 g/mol. The Labute approximate surface area is 147 Å². The number of rotatable bonds is 10. The molecule has 1 N–H and O–H groups in total. The number of likely N-dealkylation sites (tertiary alicyclic amines) is 1. The maximum atomic E-state index is 12.8. The van der Waals surface area contributed by atoms with E-state index in [2.05, 4.69) is 25.7 Å². The number of nitrogens with one attached hydrogen (secondary N) is 1. The molecular weight excluding hydrogens is 300 g/mol. The van der Waals surface area contributed by atoms with Crippen LogP contribution >= 0.6 is 0 Å². The molecule has 0 spiro atoms. The van der Waals surface area contributed by atoms with Gasteiger partial charge >= 0.3 is 0 Å². The van der Waals surface area contributed by atoms with Crippen LogP contribution in [0.3, 0.4) is 0 Å². The minimum atomic E-state index is -0.228. The summed E-state index contributed by atoms with van der Waals surface area (Å²) in [5.74, 6) is 1.28. The number of amides is 2. The maximum Gasteiger partial charge on any atom is 0.243 e. The molecule has 0 bridgehead atoms. The highest BCUT2D eigenvalue weighted by Gasteiger charge is 2.36. The number of hydrogen-bond acceptors (Lipinski definition) is 2. The van der Waals surface area contributed by atoms with Crippen molar-refractivity contribution < 1.29 is 9.59 Å². The first-order chi connectivity index (χ1) is 11.5. The van der Waals surface area contributed by atoms with Gasteiger partial charge in [-0.2, -0.15) is 0 Å². The van der Waals surface area contributed by atoms with Crippen LogP contribution in [0.4, 0.5) is 0 Å². The van der Waals surface area contributed by atoms with Crippen molar-refractivity contribution in [1.29, 1.82) is 0 Å². The Morgan fingerprint density at radius 3 is 2.71 bits per heavy atom. The van der Waals surface area contributed by atoms with Gasteiger partial charge in [0.1, 0.15) is 6.04 Å². The fraction of sp³-hybridized carbons (Fsp3) is 0.800. The van der Waals surface area contributed by atoms with E-state index in [1.54, 1.807) is 0 Å². The van der Waals surface area contributed by atoms with Crippen LogP contribution in [0.1, 0.15) is 71.6 Å². The van der Waals surface area contributed by atoms with Crippen molar-refractivity contribution in [3.05, 3.63) is 12.7 Å². The van der Waals surface area contributed by atoms with Crippen LogP contribution in [0, 0.1) is 11.8 Å². The Bertz CT molecular complexity index is 445. The molecule has 4 nitrogen and oxygen atoms in total. The molecule has 136 valence electrons. The molecule has 2 amide bonds. The van der Waals surface area contributed by atoms with Crippen LogP contribution in [-0.2, 0) is 9.59 Å². The van der Waals surface area contributed by atoms with Gasteiger partial charge in [-0.3, -0.25) is 9.59 Å². The van der Waals surface area contributed by atoms with E-state index in [-0.39, 0.29) is 17.9 Å². The highest BCUT2D eigenvalue weighted by atomic mass is 16.2. The summed E-state index contributed by atoms with van der Waals surface area (Å²) >= 11 is 0. The Morgan fingerprint density at radius 1 is 1.33 bits per heavy atom. The van der Waals surface area contributed by atoms with Crippen molar-refractivity contribution in [2.45, 2.75) is 83.7 Å². The van der Waals surface area contributed by atoms with E-state index in [9.17, 15) is 9.59 Å². The maximum absolute atomic E-state index is 12.8. The van der Waals surface area contributed by atoms with Crippen LogP contribution in [0.25, 0.3) is 0 Å². The van der Waals surface area contributed by atoms with E-state index in [0.29, 0.717) is 24.3 Å². The summed E-state index contributed by atoms with van der Waals surface area (Å²) in [6.07, 6.45) is 10.8. The minimum absolute atomic E-state index is 0.0655. The standard InChI is InChI=1S/C20H34N2O2/c1-4-6-8-15(3)13-16(5-2)14-19(23)22-12-7-9-18(22)20(24)21-17-10-11-17/h4,15-18H,1,5-14H2,2-3H3,(H,21,24)/t15-,16?,18?/m1/s1. The Hall–Kier alpha value is -1.32. The zero-order valence-electron chi connectivity index (χ0n) is 15.4. The molecule has 1 saturated heterocycles. The molecule has 1 aliphatic heterocycles. The van der Waals surface area contributed by atoms with E-state index in [1.165, 1.54) is 0 Å². The third kappa shape index (κ3) is 5.64. The van der Waals surface area contributed by atoms with Gasteiger partial charge in [0.05, 0.1) is 0 Å². The number of carbonyl (C=O) groups is 2. The van der Waals surface area contributed by atoms with Crippen molar-refractivity contribution in [1.82, 2.24) is 10.2 Å². The van der Waals surface area contributed by atoms with Gasteiger partial charge in [0.25, 0.3) is 0 Å². The Kier molecular flexibility index (Phi) is 7.32. The van der Waals surface area contributed by atoms with E-state index < -0.39 is 0 Å². The molecule has 2 fully saturated rings. The summed E-state index contributed by atoms with van der Waals surface area (Å²) < 4.78 is 0. The largest absolute Gasteiger partial charge is 0.352 e. The summed E-state index contributed by atoms with van der Waals surface area (Å²) in [4.78, 5) is 26.9. The summed E-state index contributed by atoms with van der Waals surface area (Å²) in [6, 6.07) is 0.137. The predicted molar refractivity (Wildman–Crippen MR) is 97.5 cm³/mol. The fourth-order valence-electron chi connectivity index (χ4n) is 3.71. The SMILES string of the molecule is C=CCC[C@@H](C)CC(CC)CC(=O)N1CCCC1C(=O)NC1CC1. The van der Waals surface area contributed by atoms with E-state index >= 15 is 0 Å². The molecule has 0 aromatic carbocycles. The first kappa shape index (κ1) is 19.0. The average molecular weight is 335 g/mol. The van der Waals surface area contributed by atoms with Gasteiger partial charge in [0, 0.05) is 19.0 Å². The van der Waals surface area contributed by atoms with Crippen molar-refractivity contribution >= 4 is 11.8 Å². The van der Waals surface area contributed by atoms with E-state index in [0.717, 1.165) is 57.9 Å². The quantitative estimate of drug-likeness (QED) is 0.620. The van der Waals surface area contributed by atoms with E-state index in [4.69, 9.17) is 0 Å². The number of nitrogens with zero attached hydrogens (tertiary/aromatic N) is 1. The summed E-state index contributed by atoms with van der Waals surface area (Å²) in [5, 5.41) is 3.06. The lowest BCUT2D eigenvalue weighted by Gasteiger charge is -2.27. The van der Waals surface area contributed by atoms with Crippen LogP contribution in [-0.4, -0.2) is 35.3 Å². The fourth-order valence-corrected chi connectivity index (χ4v) is 3.71. The van der Waals surface area contributed by atoms with Gasteiger partial charge in [-0.15, -0.1) is 6.58 Å². The first-order valence-corrected chi connectivity index (χ1v) is 9.75. The second-order valence-electron chi connectivity index (χ2n) is 7.71. The summed E-state index contributed by atoms with van der Waals surface area (Å²) in [5.41, 5.74) is 0. The van der Waals surface area contributed by atoms with Crippen molar-refractivity contribution in [3.63, 3.8) is 0 Å². The zero-order valence-corrected chi connectivity index (χ0v) is 15.4. The lowest BCUT2D eigenvalue weighted by atomic mass is 9.88. The Morgan fingerprint density at radius 2 is 2.08 bits per heavy atom. The number of hydrogen-bond donors (Lipinski definition) is 1. The van der Waals surface area contributed by atoms with Crippen molar-refractivity contribution in [3.8, 4) is 0 Å². The third-order valence-corrected chi connectivity index (χ3v) is 5.44. The van der Waals surface area contributed by atoms with Crippen LogP contribution in [0.2, 0.25) is 0 Å². The molecule has 2 unspecified atom stereocenters. The molecule has 0 aromatic rings. The third-order valence-electron chi connectivity index (χ3n) is 5.44. The first-order valence-electron chi connectivity index (χ1n) is 9.75. The van der Waals surface area contributed by atoms with Gasteiger partial charge in [0.15, 0.2) is 0 Å². The molecule has 2 rings (SSSR count). The minimum Gasteiger partial charge on any atom is -0.352 e. The molecule has 4 heteroatoms. The molecule has 1 aliphatic carbocycles. The summed E-state index contributed by atoms with van der Waals surface area (Å²) in [7, 11) is 0. The number of allylic oxidation sites excluding steroid dienone is 1. The highest BCUT2D eigenvalue weighted by Crippen LogP contribution is 2.27. The zero-order chi connectivity index (χ0) is 17.5. The smallest absolute Gasteiger partial charge is 0.243 e. The predicted octanol–water partition coefficient (Wildman–Crippen LogP) is 3.66. The molecule has 0 aromatic heterocycles. The normalized spacial score (nSPS) is 22.9. The van der Waals surface area contributed by atoms with Crippen LogP contribution < -0.4 is 5.32 Å². The molecular formula is C20H34N2O2. The molecule has 1 heterocycles. The average Bonchev–Trinajstić information content (AvgIpc) is 3.23. The van der Waals surface area contributed by atoms with Gasteiger partial charge in [-0.05, 0) is 56.8 Å². The molecule has 2 aliphatic rings. The molecule has 1 saturated carbocycles. The van der Waals surface area contributed by atoms with Gasteiger partial charge in [0.2, 0.25) is 11.8 Å². The topological polar surface area (TPSA) is 49.4 Å². The summed E-state index contributed by atoms with van der Waals surface area (Å²) in [6.45, 7) is 8.95.